The lowest BCUT2D eigenvalue weighted by molar-refractivity contribution is -0.120. The second-order valence-electron chi connectivity index (χ2n) is 8.97. The fourth-order valence-corrected chi connectivity index (χ4v) is 3.57. The number of carbonyl (C=O) groups excluding carboxylic acids is 2. The van der Waals surface area contributed by atoms with Gasteiger partial charge in [-0.2, -0.15) is 0 Å². The lowest BCUT2D eigenvalue weighted by atomic mass is 10.1. The standard InChI is InChI=1S/C28H27N3O5/c1-18-14-21(36-20-8-6-5-7-9-20)16-22(29-18)26(32)30-23-17-35-25-11-10-19(12-13-28(2,3)34)15-24(25)31(4)27(23)33/h5-11,14-16,23,34H,17H2,1-4H3,(H,30,32)/t23-/m0/s1. The molecule has 0 bridgehead atoms. The van der Waals surface area contributed by atoms with E-state index in [-0.39, 0.29) is 18.2 Å². The predicted octanol–water partition coefficient (Wildman–Crippen LogP) is 3.46. The van der Waals surface area contributed by atoms with Crippen LogP contribution in [0.5, 0.6) is 17.2 Å². The highest BCUT2D eigenvalue weighted by Crippen LogP contribution is 2.31. The second kappa shape index (κ2) is 10.1. The summed E-state index contributed by atoms with van der Waals surface area (Å²) in [7, 11) is 1.61. The molecule has 1 aliphatic rings. The van der Waals surface area contributed by atoms with E-state index >= 15 is 0 Å². The van der Waals surface area contributed by atoms with Crippen LogP contribution in [0.2, 0.25) is 0 Å². The number of ether oxygens (including phenoxy) is 2. The van der Waals surface area contributed by atoms with Gasteiger partial charge in [0.2, 0.25) is 0 Å². The Morgan fingerprint density at radius 3 is 2.64 bits per heavy atom. The molecule has 1 aliphatic heterocycles. The maximum absolute atomic E-state index is 13.2. The Morgan fingerprint density at radius 1 is 1.17 bits per heavy atom. The highest BCUT2D eigenvalue weighted by atomic mass is 16.5. The van der Waals surface area contributed by atoms with Gasteiger partial charge in [0, 0.05) is 30.4 Å². The van der Waals surface area contributed by atoms with Crippen LogP contribution >= 0.6 is 0 Å². The first-order valence-corrected chi connectivity index (χ1v) is 11.4. The van der Waals surface area contributed by atoms with E-state index in [0.29, 0.717) is 34.2 Å². The van der Waals surface area contributed by atoms with Gasteiger partial charge >= 0.3 is 0 Å². The Labute approximate surface area is 209 Å². The molecule has 3 aromatic rings. The highest BCUT2D eigenvalue weighted by molar-refractivity contribution is 6.03. The molecular weight excluding hydrogens is 458 g/mol. The average Bonchev–Trinajstić information content (AvgIpc) is 2.94. The summed E-state index contributed by atoms with van der Waals surface area (Å²) in [5.41, 5.74) is 0.725. The zero-order valence-electron chi connectivity index (χ0n) is 20.5. The van der Waals surface area contributed by atoms with Crippen molar-refractivity contribution in [3.05, 3.63) is 77.6 Å². The number of aryl methyl sites for hydroxylation is 1. The quantitative estimate of drug-likeness (QED) is 0.549. The molecule has 0 spiro atoms. The summed E-state index contributed by atoms with van der Waals surface area (Å²) in [5.74, 6) is 6.37. The highest BCUT2D eigenvalue weighted by Gasteiger charge is 2.31. The molecule has 8 heteroatoms. The third-order valence-electron chi connectivity index (χ3n) is 5.31. The van der Waals surface area contributed by atoms with E-state index in [4.69, 9.17) is 9.47 Å². The van der Waals surface area contributed by atoms with Crippen molar-refractivity contribution in [1.29, 1.82) is 0 Å². The number of aromatic nitrogens is 1. The van der Waals surface area contributed by atoms with E-state index in [2.05, 4.69) is 22.1 Å². The number of hydrogen-bond donors (Lipinski definition) is 2. The van der Waals surface area contributed by atoms with Crippen LogP contribution in [-0.4, -0.2) is 47.2 Å². The number of fused-ring (bicyclic) bond motifs is 1. The number of aliphatic hydroxyl groups is 1. The number of rotatable bonds is 4. The van der Waals surface area contributed by atoms with Gasteiger partial charge in [-0.25, -0.2) is 4.98 Å². The van der Waals surface area contributed by atoms with E-state index in [0.717, 1.165) is 0 Å². The molecule has 8 nitrogen and oxygen atoms in total. The molecule has 2 heterocycles. The summed E-state index contributed by atoms with van der Waals surface area (Å²) < 4.78 is 11.7. The van der Waals surface area contributed by atoms with Crippen LogP contribution in [0.25, 0.3) is 0 Å². The number of pyridine rings is 1. The SMILES string of the molecule is Cc1cc(Oc2ccccc2)cc(C(=O)N[C@H]2COc3ccc(C#CC(C)(C)O)cc3N(C)C2=O)n1. The van der Waals surface area contributed by atoms with E-state index < -0.39 is 17.6 Å². The van der Waals surface area contributed by atoms with Gasteiger partial charge in [-0.1, -0.05) is 30.0 Å². The molecule has 1 atom stereocenters. The largest absolute Gasteiger partial charge is 0.489 e. The molecule has 4 rings (SSSR count). The maximum atomic E-state index is 13.2. The van der Waals surface area contributed by atoms with Crippen LogP contribution in [0.3, 0.4) is 0 Å². The van der Waals surface area contributed by atoms with Gasteiger partial charge in [-0.3, -0.25) is 9.59 Å². The molecule has 0 unspecified atom stereocenters. The molecule has 1 aromatic heterocycles. The molecule has 2 N–H and O–H groups in total. The predicted molar refractivity (Wildman–Crippen MR) is 135 cm³/mol. The minimum absolute atomic E-state index is 0.0458. The minimum atomic E-state index is -1.14. The first-order chi connectivity index (χ1) is 17.1. The molecule has 0 saturated heterocycles. The van der Waals surface area contributed by atoms with E-state index in [1.54, 1.807) is 52.1 Å². The first kappa shape index (κ1) is 24.8. The number of benzene rings is 2. The average molecular weight is 486 g/mol. The molecule has 36 heavy (non-hydrogen) atoms. The van der Waals surface area contributed by atoms with E-state index in [1.165, 1.54) is 11.0 Å². The third-order valence-corrected chi connectivity index (χ3v) is 5.31. The van der Waals surface area contributed by atoms with Gasteiger partial charge in [0.05, 0.1) is 5.69 Å². The number of hydrogen-bond acceptors (Lipinski definition) is 6. The number of amides is 2. The van der Waals surface area contributed by atoms with E-state index in [1.807, 2.05) is 30.3 Å². The van der Waals surface area contributed by atoms with Crippen LogP contribution in [0, 0.1) is 18.8 Å². The van der Waals surface area contributed by atoms with Gasteiger partial charge in [-0.15, -0.1) is 0 Å². The smallest absolute Gasteiger partial charge is 0.270 e. The summed E-state index contributed by atoms with van der Waals surface area (Å²) in [6.45, 7) is 4.90. The molecule has 2 amide bonds. The van der Waals surface area contributed by atoms with Crippen molar-refractivity contribution in [1.82, 2.24) is 10.3 Å². The van der Waals surface area contributed by atoms with Crippen LogP contribution in [0.15, 0.2) is 60.7 Å². The van der Waals surface area contributed by atoms with Crippen molar-refractivity contribution in [3.8, 4) is 29.1 Å². The first-order valence-electron chi connectivity index (χ1n) is 11.4. The summed E-state index contributed by atoms with van der Waals surface area (Å²) in [6, 6.07) is 16.7. The monoisotopic (exact) mass is 485 g/mol. The van der Waals surface area contributed by atoms with Gasteiger partial charge in [0.15, 0.2) is 0 Å². The van der Waals surface area contributed by atoms with Crippen molar-refractivity contribution >= 4 is 17.5 Å². The zero-order valence-corrected chi connectivity index (χ0v) is 20.5. The second-order valence-corrected chi connectivity index (χ2v) is 8.97. The number of likely N-dealkylation sites (N-methyl/N-ethyl adjacent to an activating group) is 1. The Morgan fingerprint density at radius 2 is 1.92 bits per heavy atom. The molecular formula is C28H27N3O5. The molecule has 184 valence electrons. The molecule has 0 saturated carbocycles. The van der Waals surface area contributed by atoms with Crippen molar-refractivity contribution in [2.24, 2.45) is 0 Å². The lowest BCUT2D eigenvalue weighted by Crippen LogP contribution is -2.49. The van der Waals surface area contributed by atoms with Gasteiger partial charge < -0.3 is 24.8 Å². The lowest BCUT2D eigenvalue weighted by Gasteiger charge is -2.20. The fraction of sp³-hybridized carbons (Fsp3) is 0.250. The number of carbonyl (C=O) groups is 2. The van der Waals surface area contributed by atoms with Gasteiger partial charge in [0.25, 0.3) is 11.8 Å². The van der Waals surface area contributed by atoms with Crippen LogP contribution in [0.1, 0.15) is 35.6 Å². The Balaban J connectivity index is 1.51. The molecule has 0 radical (unpaired) electrons. The van der Waals surface area contributed by atoms with Crippen LogP contribution in [-0.2, 0) is 4.79 Å². The van der Waals surface area contributed by atoms with Crippen molar-refractivity contribution in [2.45, 2.75) is 32.4 Å². The third kappa shape index (κ3) is 6.01. The van der Waals surface area contributed by atoms with Gasteiger partial charge in [0.1, 0.15) is 41.2 Å². The van der Waals surface area contributed by atoms with Crippen LogP contribution < -0.4 is 19.7 Å². The zero-order chi connectivity index (χ0) is 25.9. The van der Waals surface area contributed by atoms with Crippen molar-refractivity contribution in [2.75, 3.05) is 18.6 Å². The Bertz CT molecular complexity index is 1350. The summed E-state index contributed by atoms with van der Waals surface area (Å²) in [6.07, 6.45) is 0. The number of para-hydroxylation sites is 1. The summed E-state index contributed by atoms with van der Waals surface area (Å²) in [5, 5.41) is 12.6. The number of nitrogens with zero attached hydrogens (tertiary/aromatic N) is 2. The summed E-state index contributed by atoms with van der Waals surface area (Å²) >= 11 is 0. The normalized spacial score (nSPS) is 15.1. The maximum Gasteiger partial charge on any atom is 0.270 e. The number of anilines is 1. The molecule has 0 fully saturated rings. The van der Waals surface area contributed by atoms with Crippen LogP contribution in [0.4, 0.5) is 5.69 Å². The summed E-state index contributed by atoms with van der Waals surface area (Å²) in [4.78, 5) is 32.0. The van der Waals surface area contributed by atoms with Gasteiger partial charge in [-0.05, 0) is 51.1 Å². The molecule has 0 aliphatic carbocycles. The van der Waals surface area contributed by atoms with Crippen molar-refractivity contribution in [3.63, 3.8) is 0 Å². The Kier molecular flexibility index (Phi) is 6.95. The number of nitrogens with one attached hydrogen (secondary N) is 1. The fourth-order valence-electron chi connectivity index (χ4n) is 3.57. The molecule has 2 aromatic carbocycles. The minimum Gasteiger partial charge on any atom is -0.489 e. The van der Waals surface area contributed by atoms with E-state index in [9.17, 15) is 14.7 Å². The topological polar surface area (TPSA) is 101 Å². The Hall–Kier alpha value is -4.35. The van der Waals surface area contributed by atoms with Crippen molar-refractivity contribution < 1.29 is 24.2 Å².